The number of Topliss-reactive ketones (excluding diaryl/α,β-unsaturated/α-hetero) is 1. The summed E-state index contributed by atoms with van der Waals surface area (Å²) in [6.45, 7) is 14.1. The van der Waals surface area contributed by atoms with Gasteiger partial charge < -0.3 is 24.1 Å². The second kappa shape index (κ2) is 10.1. The van der Waals surface area contributed by atoms with E-state index in [2.05, 4.69) is 25.9 Å². The lowest BCUT2D eigenvalue weighted by molar-refractivity contribution is -0.302. The summed E-state index contributed by atoms with van der Waals surface area (Å²) in [6.07, 6.45) is 4.09. The summed E-state index contributed by atoms with van der Waals surface area (Å²) in [5.74, 6) is -1.62. The number of carbonyl (C=O) groups is 2. The smallest absolute Gasteiger partial charge is 0.357 e. The summed E-state index contributed by atoms with van der Waals surface area (Å²) in [7, 11) is 3.27. The molecule has 4 aliphatic rings. The molecule has 236 valence electrons. The minimum atomic E-state index is -1.91. The zero-order chi connectivity index (χ0) is 32.0. The van der Waals surface area contributed by atoms with Gasteiger partial charge in [0.2, 0.25) is 0 Å². The third-order valence-corrected chi connectivity index (χ3v) is 11.0. The zero-order valence-electron chi connectivity index (χ0n) is 27.1. The standard InChI is InChI=1S/C35H44N2O7/c1-19-16-34-21(3)14-20(2)32(4,5)26(28(34)38)15-23-18-42-33(6,7)44-30(23)35(34,40)29(19)43-31(39)27-25(17-36-37(27)8)22-10-12-24(41-9)13-11-22/h10-13,15-17,20-21,26,29-30,40H,14,18H2,1-9H3/t20-,21?,26+,29-,30+,34?,35+/m0/s1. The molecule has 9 heteroatoms. The van der Waals surface area contributed by atoms with Gasteiger partial charge in [-0.1, -0.05) is 52.0 Å². The monoisotopic (exact) mass is 604 g/mol. The molecule has 1 N–H and O–H groups in total. The van der Waals surface area contributed by atoms with Crippen molar-refractivity contribution in [1.82, 2.24) is 9.78 Å². The topological polar surface area (TPSA) is 109 Å². The summed E-state index contributed by atoms with van der Waals surface area (Å²) in [4.78, 5) is 29.2. The van der Waals surface area contributed by atoms with Crippen LogP contribution in [0, 0.1) is 28.6 Å². The van der Waals surface area contributed by atoms with Crippen molar-refractivity contribution in [1.29, 1.82) is 0 Å². The highest BCUT2D eigenvalue weighted by Crippen LogP contribution is 2.64. The first kappa shape index (κ1) is 30.7. The predicted molar refractivity (Wildman–Crippen MR) is 164 cm³/mol. The summed E-state index contributed by atoms with van der Waals surface area (Å²) in [6, 6.07) is 7.33. The minimum absolute atomic E-state index is 0.0671. The third-order valence-electron chi connectivity index (χ3n) is 11.0. The van der Waals surface area contributed by atoms with Gasteiger partial charge in [0.1, 0.15) is 11.9 Å². The van der Waals surface area contributed by atoms with Crippen LogP contribution in [0.25, 0.3) is 11.1 Å². The number of hydrogen-bond donors (Lipinski definition) is 1. The molecular formula is C35H44N2O7. The van der Waals surface area contributed by atoms with Crippen LogP contribution in [-0.2, 0) is 26.1 Å². The van der Waals surface area contributed by atoms with Crippen molar-refractivity contribution in [2.24, 2.45) is 35.6 Å². The van der Waals surface area contributed by atoms with Gasteiger partial charge in [0.25, 0.3) is 0 Å². The summed E-state index contributed by atoms with van der Waals surface area (Å²) < 4.78 is 25.7. The zero-order valence-corrected chi connectivity index (χ0v) is 27.1. The molecule has 7 atom stereocenters. The Bertz CT molecular complexity index is 1570. The second-order valence-electron chi connectivity index (χ2n) is 14.3. The molecule has 2 unspecified atom stereocenters. The number of aliphatic hydroxyl groups is 1. The van der Waals surface area contributed by atoms with Crippen molar-refractivity contribution in [2.75, 3.05) is 13.7 Å². The van der Waals surface area contributed by atoms with E-state index >= 15 is 0 Å². The van der Waals surface area contributed by atoms with E-state index in [1.54, 1.807) is 34.2 Å². The molecule has 1 saturated carbocycles. The average Bonchev–Trinajstić information content (AvgIpc) is 3.43. The Morgan fingerprint density at radius 3 is 2.45 bits per heavy atom. The Balaban J connectivity index is 1.49. The molecule has 1 aromatic carbocycles. The fourth-order valence-corrected chi connectivity index (χ4v) is 8.18. The van der Waals surface area contributed by atoms with E-state index in [1.165, 1.54) is 4.68 Å². The van der Waals surface area contributed by atoms with Gasteiger partial charge in [-0.25, -0.2) is 4.79 Å². The predicted octanol–water partition coefficient (Wildman–Crippen LogP) is 5.28. The van der Waals surface area contributed by atoms with Gasteiger partial charge in [0, 0.05) is 18.5 Å². The van der Waals surface area contributed by atoms with Crippen LogP contribution in [0.1, 0.15) is 65.4 Å². The number of allylic oxidation sites excluding steroid dienone is 1. The molecule has 0 amide bonds. The van der Waals surface area contributed by atoms with Gasteiger partial charge in [-0.05, 0) is 73.3 Å². The highest BCUT2D eigenvalue weighted by atomic mass is 16.7. The van der Waals surface area contributed by atoms with E-state index in [0.29, 0.717) is 28.9 Å². The van der Waals surface area contributed by atoms with E-state index in [0.717, 1.165) is 5.56 Å². The fourth-order valence-electron chi connectivity index (χ4n) is 8.18. The van der Waals surface area contributed by atoms with Crippen molar-refractivity contribution < 1.29 is 33.6 Å². The molecule has 1 aliphatic heterocycles. The Labute approximate surface area is 259 Å². The molecule has 2 bridgehead atoms. The van der Waals surface area contributed by atoms with Crippen LogP contribution in [0.5, 0.6) is 5.75 Å². The highest BCUT2D eigenvalue weighted by molar-refractivity contribution is 5.97. The van der Waals surface area contributed by atoms with E-state index in [-0.39, 0.29) is 35.3 Å². The van der Waals surface area contributed by atoms with E-state index in [4.69, 9.17) is 18.9 Å². The highest BCUT2D eigenvalue weighted by Gasteiger charge is 2.74. The van der Waals surface area contributed by atoms with Crippen molar-refractivity contribution in [2.45, 2.75) is 78.5 Å². The number of ketones is 1. The van der Waals surface area contributed by atoms with Crippen molar-refractivity contribution >= 4 is 11.8 Å². The molecule has 1 saturated heterocycles. The van der Waals surface area contributed by atoms with Crippen LogP contribution >= 0.6 is 0 Å². The number of rotatable bonds is 4. The molecule has 9 nitrogen and oxygen atoms in total. The Morgan fingerprint density at radius 2 is 1.80 bits per heavy atom. The van der Waals surface area contributed by atoms with Gasteiger partial charge in [-0.15, -0.1) is 0 Å². The van der Waals surface area contributed by atoms with E-state index in [1.807, 2.05) is 50.3 Å². The normalized spacial score (nSPS) is 35.4. The Kier molecular flexibility index (Phi) is 7.07. The number of benzene rings is 1. The van der Waals surface area contributed by atoms with Gasteiger partial charge in [0.05, 0.1) is 25.3 Å². The number of ether oxygens (including phenoxy) is 4. The van der Waals surface area contributed by atoms with Crippen LogP contribution < -0.4 is 4.74 Å². The first-order chi connectivity index (χ1) is 20.6. The van der Waals surface area contributed by atoms with Crippen LogP contribution in [0.4, 0.5) is 0 Å². The van der Waals surface area contributed by atoms with Crippen LogP contribution in [0.2, 0.25) is 0 Å². The quantitative estimate of drug-likeness (QED) is 0.371. The number of fused-ring (bicyclic) bond motifs is 3. The number of carbonyl (C=O) groups excluding carboxylic acids is 2. The summed E-state index contributed by atoms with van der Waals surface area (Å²) in [5, 5.41) is 17.7. The number of hydrogen-bond acceptors (Lipinski definition) is 8. The fraction of sp³-hybridized carbons (Fsp3) is 0.571. The van der Waals surface area contributed by atoms with Gasteiger partial charge in [-0.2, -0.15) is 5.10 Å². The number of nitrogens with zero attached hydrogens (tertiary/aromatic N) is 2. The average molecular weight is 605 g/mol. The molecule has 1 aromatic heterocycles. The van der Waals surface area contributed by atoms with Gasteiger partial charge in [0.15, 0.2) is 29.0 Å². The number of esters is 1. The molecular weight excluding hydrogens is 560 g/mol. The maximum absolute atomic E-state index is 15.0. The maximum atomic E-state index is 15.0. The van der Waals surface area contributed by atoms with Gasteiger partial charge in [-0.3, -0.25) is 9.48 Å². The van der Waals surface area contributed by atoms with E-state index in [9.17, 15) is 14.7 Å². The molecule has 1 spiro atoms. The molecule has 2 fully saturated rings. The van der Waals surface area contributed by atoms with Crippen molar-refractivity contribution in [3.05, 3.63) is 59.5 Å². The van der Waals surface area contributed by atoms with Crippen molar-refractivity contribution in [3.63, 3.8) is 0 Å². The van der Waals surface area contributed by atoms with Crippen LogP contribution in [0.15, 0.2) is 53.8 Å². The molecule has 44 heavy (non-hydrogen) atoms. The van der Waals surface area contributed by atoms with Crippen LogP contribution in [-0.4, -0.2) is 64.0 Å². The van der Waals surface area contributed by atoms with Crippen LogP contribution in [0.3, 0.4) is 0 Å². The van der Waals surface area contributed by atoms with Gasteiger partial charge >= 0.3 is 5.97 Å². The van der Waals surface area contributed by atoms with E-state index < -0.39 is 40.9 Å². The molecule has 2 heterocycles. The SMILES string of the molecule is COc1ccc(-c2cnn(C)c2C(=O)O[C@H]2C(C)=CC34C(=O)[C@@H](C=C5COC(C)(C)O[C@H]5[C@]23O)C(C)(C)[C@@H](C)CC4C)cc1. The lowest BCUT2D eigenvalue weighted by atomic mass is 9.59. The second-order valence-corrected chi connectivity index (χ2v) is 14.3. The summed E-state index contributed by atoms with van der Waals surface area (Å²) >= 11 is 0. The summed E-state index contributed by atoms with van der Waals surface area (Å²) in [5.41, 5.74) is -0.748. The maximum Gasteiger partial charge on any atom is 0.357 e. The number of aryl methyl sites for hydroxylation is 1. The lowest BCUT2D eigenvalue weighted by Gasteiger charge is -2.52. The minimum Gasteiger partial charge on any atom is -0.497 e. The first-order valence-corrected chi connectivity index (χ1v) is 15.4. The molecule has 2 aromatic rings. The number of methoxy groups -OCH3 is 1. The molecule has 3 aliphatic carbocycles. The Morgan fingerprint density at radius 1 is 1.11 bits per heavy atom. The third kappa shape index (κ3) is 4.19. The molecule has 0 radical (unpaired) electrons. The van der Waals surface area contributed by atoms with Crippen molar-refractivity contribution in [3.8, 4) is 16.9 Å². The molecule has 6 rings (SSSR count). The first-order valence-electron chi connectivity index (χ1n) is 15.4. The largest absolute Gasteiger partial charge is 0.497 e. The number of aromatic nitrogens is 2. The Hall–Kier alpha value is -3.27. The lowest BCUT2D eigenvalue weighted by Crippen LogP contribution is -2.68.